The largest absolute Gasteiger partial charge is 0.481 e. The van der Waals surface area contributed by atoms with E-state index in [2.05, 4.69) is 45.0 Å². The lowest BCUT2D eigenvalue weighted by molar-refractivity contribution is -0.148. The minimum absolute atomic E-state index is 0.0197. The average Bonchev–Trinajstić information content (AvgIpc) is 2.51. The van der Waals surface area contributed by atoms with Gasteiger partial charge in [-0.2, -0.15) is 0 Å². The SMILES string of the molecule is CC1CN(C(=O)CCc2ccc(C(C)(C)C)cc2)CCC1C(=O)O. The lowest BCUT2D eigenvalue weighted by Gasteiger charge is -2.35. The van der Waals surface area contributed by atoms with Crippen molar-refractivity contribution >= 4 is 11.9 Å². The van der Waals surface area contributed by atoms with Crippen LogP contribution in [0.4, 0.5) is 0 Å². The van der Waals surface area contributed by atoms with Gasteiger partial charge in [-0.15, -0.1) is 0 Å². The van der Waals surface area contributed by atoms with Crippen molar-refractivity contribution in [2.45, 2.75) is 52.4 Å². The number of aliphatic carboxylic acids is 1. The lowest BCUT2D eigenvalue weighted by Crippen LogP contribution is -2.45. The molecule has 0 bridgehead atoms. The quantitative estimate of drug-likeness (QED) is 0.919. The van der Waals surface area contributed by atoms with Crippen LogP contribution in [-0.2, 0) is 21.4 Å². The number of rotatable bonds is 4. The van der Waals surface area contributed by atoms with Gasteiger partial charge in [0.15, 0.2) is 0 Å². The molecule has 0 aromatic heterocycles. The molecule has 2 atom stereocenters. The van der Waals surface area contributed by atoms with Crippen molar-refractivity contribution in [3.05, 3.63) is 35.4 Å². The molecule has 2 rings (SSSR count). The maximum absolute atomic E-state index is 12.4. The summed E-state index contributed by atoms with van der Waals surface area (Å²) in [5, 5.41) is 9.16. The molecule has 0 aliphatic carbocycles. The van der Waals surface area contributed by atoms with Gasteiger partial charge >= 0.3 is 5.97 Å². The van der Waals surface area contributed by atoms with Gasteiger partial charge in [0.25, 0.3) is 0 Å². The van der Waals surface area contributed by atoms with E-state index in [-0.39, 0.29) is 23.2 Å². The molecule has 1 aromatic rings. The van der Waals surface area contributed by atoms with Crippen molar-refractivity contribution in [2.24, 2.45) is 11.8 Å². The first-order valence-electron chi connectivity index (χ1n) is 8.78. The second kappa shape index (κ2) is 7.37. The van der Waals surface area contributed by atoms with Gasteiger partial charge in [-0.25, -0.2) is 0 Å². The Hall–Kier alpha value is -1.84. The number of piperidine rings is 1. The third-order valence-electron chi connectivity index (χ3n) is 5.02. The van der Waals surface area contributed by atoms with Crippen molar-refractivity contribution < 1.29 is 14.7 Å². The highest BCUT2D eigenvalue weighted by Crippen LogP contribution is 2.25. The highest BCUT2D eigenvalue weighted by atomic mass is 16.4. The summed E-state index contributed by atoms with van der Waals surface area (Å²) in [6, 6.07) is 8.49. The summed E-state index contributed by atoms with van der Waals surface area (Å²) in [5.41, 5.74) is 2.60. The van der Waals surface area contributed by atoms with E-state index in [0.717, 1.165) is 6.42 Å². The molecule has 1 N–H and O–H groups in total. The first kappa shape index (κ1) is 18.5. The zero-order chi connectivity index (χ0) is 17.9. The molecule has 0 saturated carbocycles. The third-order valence-corrected chi connectivity index (χ3v) is 5.02. The van der Waals surface area contributed by atoms with Crippen molar-refractivity contribution in [3.8, 4) is 0 Å². The topological polar surface area (TPSA) is 57.6 Å². The normalized spacial score (nSPS) is 21.6. The van der Waals surface area contributed by atoms with Crippen LogP contribution in [0.15, 0.2) is 24.3 Å². The molecular formula is C20H29NO3. The number of hydrogen-bond donors (Lipinski definition) is 1. The van der Waals surface area contributed by atoms with E-state index in [0.29, 0.717) is 25.9 Å². The number of carboxylic acid groups (broad SMARTS) is 1. The number of likely N-dealkylation sites (tertiary alicyclic amines) is 1. The number of carbonyl (C=O) groups excluding carboxylic acids is 1. The van der Waals surface area contributed by atoms with Crippen LogP contribution in [0.25, 0.3) is 0 Å². The Bertz CT molecular complexity index is 586. The molecule has 2 unspecified atom stereocenters. The number of benzene rings is 1. The molecule has 4 nitrogen and oxygen atoms in total. The van der Waals surface area contributed by atoms with E-state index < -0.39 is 5.97 Å². The number of aryl methyl sites for hydroxylation is 1. The maximum atomic E-state index is 12.4. The minimum Gasteiger partial charge on any atom is -0.481 e. The summed E-state index contributed by atoms with van der Waals surface area (Å²) in [4.78, 5) is 25.4. The number of nitrogens with zero attached hydrogens (tertiary/aromatic N) is 1. The molecule has 0 radical (unpaired) electrons. The smallest absolute Gasteiger partial charge is 0.306 e. The predicted molar refractivity (Wildman–Crippen MR) is 94.9 cm³/mol. The molecule has 1 aromatic carbocycles. The Balaban J connectivity index is 1.86. The zero-order valence-corrected chi connectivity index (χ0v) is 15.2. The molecule has 4 heteroatoms. The summed E-state index contributed by atoms with van der Waals surface area (Å²) in [5.74, 6) is -0.913. The Labute approximate surface area is 144 Å². The standard InChI is InChI=1S/C20H29NO3/c1-14-13-21(12-11-17(14)19(23)24)18(22)10-7-15-5-8-16(9-6-15)20(2,3)4/h5-6,8-9,14,17H,7,10-13H2,1-4H3,(H,23,24). The van der Waals surface area contributed by atoms with Gasteiger partial charge < -0.3 is 10.0 Å². The number of carbonyl (C=O) groups is 2. The molecule has 1 fully saturated rings. The van der Waals surface area contributed by atoms with E-state index >= 15 is 0 Å². The van der Waals surface area contributed by atoms with E-state index in [1.807, 2.05) is 11.8 Å². The van der Waals surface area contributed by atoms with Crippen molar-refractivity contribution in [1.29, 1.82) is 0 Å². The average molecular weight is 331 g/mol. The van der Waals surface area contributed by atoms with Crippen LogP contribution in [0.3, 0.4) is 0 Å². The van der Waals surface area contributed by atoms with E-state index in [1.54, 1.807) is 0 Å². The fraction of sp³-hybridized carbons (Fsp3) is 0.600. The number of amides is 1. The molecule has 24 heavy (non-hydrogen) atoms. The fourth-order valence-electron chi connectivity index (χ4n) is 3.32. The first-order chi connectivity index (χ1) is 11.2. The maximum Gasteiger partial charge on any atom is 0.306 e. The molecule has 1 aliphatic heterocycles. The third kappa shape index (κ3) is 4.59. The van der Waals surface area contributed by atoms with Gasteiger partial charge in [0.1, 0.15) is 0 Å². The monoisotopic (exact) mass is 331 g/mol. The van der Waals surface area contributed by atoms with Gasteiger partial charge in [0.2, 0.25) is 5.91 Å². The Morgan fingerprint density at radius 1 is 1.21 bits per heavy atom. The van der Waals surface area contributed by atoms with E-state index in [1.165, 1.54) is 11.1 Å². The van der Waals surface area contributed by atoms with Crippen LogP contribution >= 0.6 is 0 Å². The van der Waals surface area contributed by atoms with Crippen LogP contribution in [0, 0.1) is 11.8 Å². The van der Waals surface area contributed by atoms with Crippen LogP contribution in [-0.4, -0.2) is 35.0 Å². The van der Waals surface area contributed by atoms with Crippen LogP contribution in [0.2, 0.25) is 0 Å². The van der Waals surface area contributed by atoms with Crippen molar-refractivity contribution in [2.75, 3.05) is 13.1 Å². The summed E-state index contributed by atoms with van der Waals surface area (Å²) in [7, 11) is 0. The van der Waals surface area contributed by atoms with Gasteiger partial charge in [-0.05, 0) is 35.3 Å². The van der Waals surface area contributed by atoms with Gasteiger partial charge in [0, 0.05) is 19.5 Å². The second-order valence-electron chi connectivity index (χ2n) is 8.00. The van der Waals surface area contributed by atoms with Crippen LogP contribution in [0.5, 0.6) is 0 Å². The van der Waals surface area contributed by atoms with Crippen molar-refractivity contribution in [3.63, 3.8) is 0 Å². The Morgan fingerprint density at radius 3 is 2.33 bits per heavy atom. The molecule has 1 aliphatic rings. The molecular weight excluding hydrogens is 302 g/mol. The summed E-state index contributed by atoms with van der Waals surface area (Å²) >= 11 is 0. The number of hydrogen-bond acceptors (Lipinski definition) is 2. The zero-order valence-electron chi connectivity index (χ0n) is 15.2. The molecule has 1 amide bonds. The summed E-state index contributed by atoms with van der Waals surface area (Å²) in [6.07, 6.45) is 1.78. The molecule has 1 heterocycles. The van der Waals surface area contributed by atoms with Gasteiger partial charge in [-0.1, -0.05) is 52.0 Å². The minimum atomic E-state index is -0.742. The first-order valence-corrected chi connectivity index (χ1v) is 8.78. The van der Waals surface area contributed by atoms with E-state index in [9.17, 15) is 9.59 Å². The van der Waals surface area contributed by atoms with Crippen LogP contribution < -0.4 is 0 Å². The fourth-order valence-corrected chi connectivity index (χ4v) is 3.32. The van der Waals surface area contributed by atoms with Crippen LogP contribution in [0.1, 0.15) is 51.7 Å². The number of carboxylic acids is 1. The summed E-state index contributed by atoms with van der Waals surface area (Å²) in [6.45, 7) is 9.60. The van der Waals surface area contributed by atoms with Crippen molar-refractivity contribution in [1.82, 2.24) is 4.90 Å². The van der Waals surface area contributed by atoms with Gasteiger partial charge in [0.05, 0.1) is 5.92 Å². The second-order valence-corrected chi connectivity index (χ2v) is 8.00. The Kier molecular flexibility index (Phi) is 5.68. The van der Waals surface area contributed by atoms with Gasteiger partial charge in [-0.3, -0.25) is 9.59 Å². The summed E-state index contributed by atoms with van der Waals surface area (Å²) < 4.78 is 0. The highest BCUT2D eigenvalue weighted by molar-refractivity contribution is 5.77. The Morgan fingerprint density at radius 2 is 1.83 bits per heavy atom. The lowest BCUT2D eigenvalue weighted by atomic mass is 9.86. The highest BCUT2D eigenvalue weighted by Gasteiger charge is 2.32. The predicted octanol–water partition coefficient (Wildman–Crippen LogP) is 3.49. The molecule has 132 valence electrons. The van der Waals surface area contributed by atoms with E-state index in [4.69, 9.17) is 5.11 Å². The molecule has 1 saturated heterocycles. The molecule has 0 spiro atoms.